The van der Waals surface area contributed by atoms with Gasteiger partial charge in [-0.15, -0.1) is 0 Å². The third-order valence-corrected chi connectivity index (χ3v) is 3.02. The highest BCUT2D eigenvalue weighted by atomic mass is 35.5. The summed E-state index contributed by atoms with van der Waals surface area (Å²) >= 11 is 5.84. The molecule has 5 heteroatoms. The standard InChI is InChI=1S/C16H13ClFNO2/c17-14-2-1-3-15(18)16(14)21-11-10-20-13-6-4-12(5-7-13)8-9-19/h1-7H,8,10-11H2. The minimum atomic E-state index is -0.497. The van der Waals surface area contributed by atoms with Crippen LogP contribution < -0.4 is 9.47 Å². The molecule has 0 amide bonds. The van der Waals surface area contributed by atoms with Crippen molar-refractivity contribution in [3.8, 4) is 17.6 Å². The number of nitrogens with zero attached hydrogens (tertiary/aromatic N) is 1. The van der Waals surface area contributed by atoms with Gasteiger partial charge >= 0.3 is 0 Å². The minimum absolute atomic E-state index is 0.0344. The Morgan fingerprint density at radius 3 is 2.43 bits per heavy atom. The number of hydrogen-bond acceptors (Lipinski definition) is 3. The minimum Gasteiger partial charge on any atom is -0.490 e. The second-order valence-electron chi connectivity index (χ2n) is 4.23. The first-order valence-corrected chi connectivity index (χ1v) is 6.74. The third kappa shape index (κ3) is 4.37. The molecule has 0 aliphatic carbocycles. The lowest BCUT2D eigenvalue weighted by Crippen LogP contribution is -2.10. The van der Waals surface area contributed by atoms with Gasteiger partial charge in [-0.1, -0.05) is 29.8 Å². The monoisotopic (exact) mass is 305 g/mol. The summed E-state index contributed by atoms with van der Waals surface area (Å²) in [6.45, 7) is 0.447. The summed E-state index contributed by atoms with van der Waals surface area (Å²) in [6, 6.07) is 13.7. The lowest BCUT2D eigenvalue weighted by molar-refractivity contribution is 0.211. The molecule has 0 atom stereocenters. The van der Waals surface area contributed by atoms with Crippen LogP contribution in [0.1, 0.15) is 5.56 Å². The van der Waals surface area contributed by atoms with E-state index in [2.05, 4.69) is 6.07 Å². The van der Waals surface area contributed by atoms with Crippen molar-refractivity contribution in [2.24, 2.45) is 0 Å². The van der Waals surface area contributed by atoms with Gasteiger partial charge in [0.25, 0.3) is 0 Å². The number of halogens is 2. The van der Waals surface area contributed by atoms with Gasteiger partial charge in [0, 0.05) is 0 Å². The SMILES string of the molecule is N#CCc1ccc(OCCOc2c(F)cccc2Cl)cc1. The molecule has 0 saturated heterocycles. The van der Waals surface area contributed by atoms with Gasteiger partial charge in [0.15, 0.2) is 11.6 Å². The van der Waals surface area contributed by atoms with Crippen molar-refractivity contribution in [3.05, 3.63) is 58.9 Å². The van der Waals surface area contributed by atoms with Crippen LogP contribution in [0, 0.1) is 17.1 Å². The summed E-state index contributed by atoms with van der Waals surface area (Å²) in [5.41, 5.74) is 0.930. The van der Waals surface area contributed by atoms with Crippen LogP contribution in [0.2, 0.25) is 5.02 Å². The Balaban J connectivity index is 1.81. The zero-order valence-corrected chi connectivity index (χ0v) is 11.9. The lowest BCUT2D eigenvalue weighted by atomic mass is 10.2. The number of benzene rings is 2. The van der Waals surface area contributed by atoms with Crippen molar-refractivity contribution in [3.63, 3.8) is 0 Å². The number of ether oxygens (including phenoxy) is 2. The fourth-order valence-corrected chi connectivity index (χ4v) is 1.94. The molecule has 0 heterocycles. The van der Waals surface area contributed by atoms with E-state index in [-0.39, 0.29) is 24.0 Å². The second kappa shape index (κ2) is 7.51. The molecule has 0 saturated carbocycles. The van der Waals surface area contributed by atoms with Gasteiger partial charge in [-0.05, 0) is 29.8 Å². The summed E-state index contributed by atoms with van der Waals surface area (Å²) < 4.78 is 24.2. The van der Waals surface area contributed by atoms with E-state index in [1.165, 1.54) is 12.1 Å². The molecule has 3 nitrogen and oxygen atoms in total. The highest BCUT2D eigenvalue weighted by molar-refractivity contribution is 6.32. The van der Waals surface area contributed by atoms with Crippen LogP contribution in [0.4, 0.5) is 4.39 Å². The highest BCUT2D eigenvalue weighted by Gasteiger charge is 2.07. The maximum Gasteiger partial charge on any atom is 0.173 e. The molecule has 0 bridgehead atoms. The van der Waals surface area contributed by atoms with E-state index in [0.717, 1.165) is 5.56 Å². The summed E-state index contributed by atoms with van der Waals surface area (Å²) in [5, 5.41) is 8.81. The molecule has 0 radical (unpaired) electrons. The second-order valence-corrected chi connectivity index (χ2v) is 4.63. The normalized spacial score (nSPS) is 9.95. The Hall–Kier alpha value is -2.25. The number of para-hydroxylation sites is 1. The maximum absolute atomic E-state index is 13.4. The van der Waals surface area contributed by atoms with Gasteiger partial charge in [0.1, 0.15) is 19.0 Å². The van der Waals surface area contributed by atoms with Gasteiger partial charge in [0.2, 0.25) is 0 Å². The Kier molecular flexibility index (Phi) is 5.42. The zero-order chi connectivity index (χ0) is 15.1. The van der Waals surface area contributed by atoms with E-state index < -0.39 is 5.82 Å². The number of nitriles is 1. The highest BCUT2D eigenvalue weighted by Crippen LogP contribution is 2.27. The molecular weight excluding hydrogens is 293 g/mol. The Bertz CT molecular complexity index is 617. The van der Waals surface area contributed by atoms with E-state index in [1.54, 1.807) is 18.2 Å². The van der Waals surface area contributed by atoms with Crippen LogP contribution in [-0.4, -0.2) is 13.2 Å². The van der Waals surface area contributed by atoms with Crippen LogP contribution in [-0.2, 0) is 6.42 Å². The molecule has 2 aromatic carbocycles. The summed E-state index contributed by atoms with van der Waals surface area (Å²) in [5.74, 6) is 0.204. The molecule has 2 aromatic rings. The quantitative estimate of drug-likeness (QED) is 0.757. The van der Waals surface area contributed by atoms with E-state index >= 15 is 0 Å². The van der Waals surface area contributed by atoms with Crippen molar-refractivity contribution in [2.75, 3.05) is 13.2 Å². The molecule has 0 aromatic heterocycles. The lowest BCUT2D eigenvalue weighted by Gasteiger charge is -2.10. The van der Waals surface area contributed by atoms with Crippen LogP contribution in [0.25, 0.3) is 0 Å². The number of rotatable bonds is 6. The fraction of sp³-hybridized carbons (Fsp3) is 0.188. The predicted octanol–water partition coefficient (Wildman–Crippen LogP) is 4.00. The maximum atomic E-state index is 13.4. The van der Waals surface area contributed by atoms with Gasteiger partial charge in [-0.25, -0.2) is 4.39 Å². The first kappa shape index (κ1) is 15.1. The Labute approximate surface area is 127 Å². The van der Waals surface area contributed by atoms with Crippen molar-refractivity contribution >= 4 is 11.6 Å². The molecule has 0 spiro atoms. The van der Waals surface area contributed by atoms with Crippen molar-refractivity contribution in [1.29, 1.82) is 5.26 Å². The molecule has 0 fully saturated rings. The smallest absolute Gasteiger partial charge is 0.173 e. The first-order valence-electron chi connectivity index (χ1n) is 6.36. The largest absolute Gasteiger partial charge is 0.490 e. The first-order chi connectivity index (χ1) is 10.2. The van der Waals surface area contributed by atoms with Crippen molar-refractivity contribution in [1.82, 2.24) is 0 Å². The van der Waals surface area contributed by atoms with Crippen molar-refractivity contribution < 1.29 is 13.9 Å². The van der Waals surface area contributed by atoms with Crippen LogP contribution >= 0.6 is 11.6 Å². The summed E-state index contributed by atoms with van der Waals surface area (Å²) in [7, 11) is 0. The topological polar surface area (TPSA) is 42.2 Å². The van der Waals surface area contributed by atoms with Gasteiger partial charge in [0.05, 0.1) is 17.5 Å². The van der Waals surface area contributed by atoms with E-state index in [4.69, 9.17) is 26.3 Å². The average Bonchev–Trinajstić information content (AvgIpc) is 2.48. The average molecular weight is 306 g/mol. The zero-order valence-electron chi connectivity index (χ0n) is 11.2. The molecule has 21 heavy (non-hydrogen) atoms. The molecular formula is C16H13ClFNO2. The molecule has 0 N–H and O–H groups in total. The van der Waals surface area contributed by atoms with E-state index in [0.29, 0.717) is 12.2 Å². The number of hydrogen-bond donors (Lipinski definition) is 0. The Morgan fingerprint density at radius 1 is 1.05 bits per heavy atom. The van der Waals surface area contributed by atoms with E-state index in [1.807, 2.05) is 12.1 Å². The molecule has 0 aliphatic heterocycles. The van der Waals surface area contributed by atoms with Crippen molar-refractivity contribution in [2.45, 2.75) is 6.42 Å². The fourth-order valence-electron chi connectivity index (χ4n) is 1.72. The van der Waals surface area contributed by atoms with E-state index in [9.17, 15) is 4.39 Å². The third-order valence-electron chi connectivity index (χ3n) is 2.72. The molecule has 0 unspecified atom stereocenters. The summed E-state index contributed by atoms with van der Waals surface area (Å²) in [6.07, 6.45) is 0.370. The van der Waals surface area contributed by atoms with Gasteiger partial charge < -0.3 is 9.47 Å². The summed E-state index contributed by atoms with van der Waals surface area (Å²) in [4.78, 5) is 0. The Morgan fingerprint density at radius 2 is 1.76 bits per heavy atom. The van der Waals surface area contributed by atoms with Gasteiger partial charge in [-0.2, -0.15) is 5.26 Å². The van der Waals surface area contributed by atoms with Gasteiger partial charge in [-0.3, -0.25) is 0 Å². The molecule has 0 aliphatic rings. The van der Waals surface area contributed by atoms with Crippen LogP contribution in [0.3, 0.4) is 0 Å². The predicted molar refractivity (Wildman–Crippen MR) is 78.2 cm³/mol. The molecule has 108 valence electrons. The van der Waals surface area contributed by atoms with Crippen LogP contribution in [0.15, 0.2) is 42.5 Å². The van der Waals surface area contributed by atoms with Crippen LogP contribution in [0.5, 0.6) is 11.5 Å². The molecule has 2 rings (SSSR count).